The highest BCUT2D eigenvalue weighted by Crippen LogP contribution is 2.32. The number of rotatable bonds is 4. The summed E-state index contributed by atoms with van der Waals surface area (Å²) >= 11 is 0. The second kappa shape index (κ2) is 5.73. The molecule has 4 nitrogen and oxygen atoms in total. The SMILES string of the molecule is CCOC(=O)[C@H]1CC[C@H](C(=O)OCC)C1. The van der Waals surface area contributed by atoms with E-state index in [0.29, 0.717) is 19.6 Å². The molecule has 0 radical (unpaired) electrons. The Bertz CT molecular complexity index is 213. The monoisotopic (exact) mass is 214 g/mol. The first-order chi connectivity index (χ1) is 7.19. The Labute approximate surface area is 89.9 Å². The third-order valence-electron chi connectivity index (χ3n) is 2.67. The van der Waals surface area contributed by atoms with Crippen LogP contribution in [0.3, 0.4) is 0 Å². The molecule has 0 spiro atoms. The summed E-state index contributed by atoms with van der Waals surface area (Å²) in [7, 11) is 0. The molecule has 0 unspecified atom stereocenters. The summed E-state index contributed by atoms with van der Waals surface area (Å²) in [4.78, 5) is 22.8. The van der Waals surface area contributed by atoms with Gasteiger partial charge in [0.15, 0.2) is 0 Å². The van der Waals surface area contributed by atoms with E-state index >= 15 is 0 Å². The molecule has 1 saturated carbocycles. The van der Waals surface area contributed by atoms with Gasteiger partial charge in [0, 0.05) is 0 Å². The molecule has 1 fully saturated rings. The van der Waals surface area contributed by atoms with Gasteiger partial charge in [0.2, 0.25) is 0 Å². The van der Waals surface area contributed by atoms with Crippen LogP contribution in [-0.4, -0.2) is 25.2 Å². The number of hydrogen-bond acceptors (Lipinski definition) is 4. The second-order valence-corrected chi connectivity index (χ2v) is 3.71. The van der Waals surface area contributed by atoms with E-state index in [-0.39, 0.29) is 23.8 Å². The van der Waals surface area contributed by atoms with E-state index in [4.69, 9.17) is 9.47 Å². The van der Waals surface area contributed by atoms with Crippen LogP contribution in [0.25, 0.3) is 0 Å². The molecule has 2 atom stereocenters. The minimum atomic E-state index is -0.177. The molecule has 0 aromatic carbocycles. The molecule has 1 aliphatic rings. The lowest BCUT2D eigenvalue weighted by Crippen LogP contribution is -2.18. The van der Waals surface area contributed by atoms with Gasteiger partial charge < -0.3 is 9.47 Å². The Balaban J connectivity index is 2.38. The topological polar surface area (TPSA) is 52.6 Å². The lowest BCUT2D eigenvalue weighted by molar-refractivity contribution is -0.149. The fourth-order valence-electron chi connectivity index (χ4n) is 1.93. The molecule has 15 heavy (non-hydrogen) atoms. The van der Waals surface area contributed by atoms with Gasteiger partial charge in [0.25, 0.3) is 0 Å². The predicted molar refractivity (Wildman–Crippen MR) is 54.1 cm³/mol. The summed E-state index contributed by atoms with van der Waals surface area (Å²) in [6.07, 6.45) is 2.06. The molecule has 0 saturated heterocycles. The molecule has 0 amide bonds. The summed E-state index contributed by atoms with van der Waals surface area (Å²) in [6.45, 7) is 4.38. The molecule has 4 heteroatoms. The zero-order valence-corrected chi connectivity index (χ0v) is 9.32. The van der Waals surface area contributed by atoms with Crippen LogP contribution in [0.2, 0.25) is 0 Å². The smallest absolute Gasteiger partial charge is 0.308 e. The van der Waals surface area contributed by atoms with Crippen LogP contribution >= 0.6 is 0 Å². The highest BCUT2D eigenvalue weighted by Gasteiger charge is 2.35. The van der Waals surface area contributed by atoms with Gasteiger partial charge in [0.1, 0.15) is 0 Å². The van der Waals surface area contributed by atoms with E-state index in [1.165, 1.54) is 0 Å². The second-order valence-electron chi connectivity index (χ2n) is 3.71. The van der Waals surface area contributed by atoms with Crippen molar-refractivity contribution < 1.29 is 19.1 Å². The maximum atomic E-state index is 11.4. The van der Waals surface area contributed by atoms with E-state index in [0.717, 1.165) is 12.8 Å². The minimum absolute atomic E-state index is 0.112. The third-order valence-corrected chi connectivity index (χ3v) is 2.67. The van der Waals surface area contributed by atoms with Crippen molar-refractivity contribution in [3.8, 4) is 0 Å². The first-order valence-corrected chi connectivity index (χ1v) is 5.52. The first-order valence-electron chi connectivity index (χ1n) is 5.52. The molecule has 0 aliphatic heterocycles. The van der Waals surface area contributed by atoms with Crippen molar-refractivity contribution in [1.29, 1.82) is 0 Å². The molecular weight excluding hydrogens is 196 g/mol. The van der Waals surface area contributed by atoms with Crippen molar-refractivity contribution in [2.24, 2.45) is 11.8 Å². The molecule has 1 rings (SSSR count). The number of ether oxygens (including phenoxy) is 2. The van der Waals surface area contributed by atoms with Crippen LogP contribution in [0.15, 0.2) is 0 Å². The largest absolute Gasteiger partial charge is 0.466 e. The average Bonchev–Trinajstić information content (AvgIpc) is 2.67. The average molecular weight is 214 g/mol. The lowest BCUT2D eigenvalue weighted by atomic mass is 10.1. The standard InChI is InChI=1S/C11H18O4/c1-3-14-10(12)8-5-6-9(7-8)11(13)15-4-2/h8-9H,3-7H2,1-2H3/t8-,9-/m0/s1. The van der Waals surface area contributed by atoms with Gasteiger partial charge in [-0.3, -0.25) is 9.59 Å². The van der Waals surface area contributed by atoms with Crippen molar-refractivity contribution in [2.75, 3.05) is 13.2 Å². The van der Waals surface area contributed by atoms with Crippen LogP contribution in [0, 0.1) is 11.8 Å². The van der Waals surface area contributed by atoms with Gasteiger partial charge in [-0.25, -0.2) is 0 Å². The fraction of sp³-hybridized carbons (Fsp3) is 0.818. The zero-order chi connectivity index (χ0) is 11.3. The highest BCUT2D eigenvalue weighted by molar-refractivity contribution is 5.77. The Hall–Kier alpha value is -1.06. The third kappa shape index (κ3) is 3.22. The van der Waals surface area contributed by atoms with Crippen LogP contribution in [0.5, 0.6) is 0 Å². The molecule has 0 heterocycles. The lowest BCUT2D eigenvalue weighted by Gasteiger charge is -2.09. The van der Waals surface area contributed by atoms with Crippen LogP contribution in [0.1, 0.15) is 33.1 Å². The van der Waals surface area contributed by atoms with E-state index in [9.17, 15) is 9.59 Å². The van der Waals surface area contributed by atoms with Crippen LogP contribution in [-0.2, 0) is 19.1 Å². The van der Waals surface area contributed by atoms with Gasteiger partial charge in [-0.2, -0.15) is 0 Å². The van der Waals surface area contributed by atoms with Gasteiger partial charge in [-0.05, 0) is 33.1 Å². The van der Waals surface area contributed by atoms with Gasteiger partial charge in [0.05, 0.1) is 25.0 Å². The summed E-state index contributed by atoms with van der Waals surface area (Å²) in [5.41, 5.74) is 0. The Kier molecular flexibility index (Phi) is 4.59. The Morgan fingerprint density at radius 3 is 1.73 bits per heavy atom. The summed E-state index contributed by atoms with van der Waals surface area (Å²) < 4.78 is 9.85. The molecule has 86 valence electrons. The van der Waals surface area contributed by atoms with E-state index in [2.05, 4.69) is 0 Å². The van der Waals surface area contributed by atoms with E-state index in [1.54, 1.807) is 13.8 Å². The maximum absolute atomic E-state index is 11.4. The minimum Gasteiger partial charge on any atom is -0.466 e. The van der Waals surface area contributed by atoms with E-state index < -0.39 is 0 Å². The number of carbonyl (C=O) groups excluding carboxylic acids is 2. The Morgan fingerprint density at radius 2 is 1.40 bits per heavy atom. The van der Waals surface area contributed by atoms with Crippen molar-refractivity contribution in [3.63, 3.8) is 0 Å². The molecular formula is C11H18O4. The normalized spacial score (nSPS) is 24.9. The summed E-state index contributed by atoms with van der Waals surface area (Å²) in [6, 6.07) is 0. The summed E-state index contributed by atoms with van der Waals surface area (Å²) in [5.74, 6) is -0.577. The quantitative estimate of drug-likeness (QED) is 0.666. The first kappa shape index (κ1) is 12.0. The Morgan fingerprint density at radius 1 is 1.00 bits per heavy atom. The number of hydrogen-bond donors (Lipinski definition) is 0. The van der Waals surface area contributed by atoms with Crippen molar-refractivity contribution in [3.05, 3.63) is 0 Å². The van der Waals surface area contributed by atoms with Gasteiger partial charge >= 0.3 is 11.9 Å². The van der Waals surface area contributed by atoms with Crippen molar-refractivity contribution in [2.45, 2.75) is 33.1 Å². The molecule has 0 N–H and O–H groups in total. The molecule has 0 aromatic rings. The molecule has 0 aromatic heterocycles. The van der Waals surface area contributed by atoms with Crippen LogP contribution < -0.4 is 0 Å². The molecule has 0 bridgehead atoms. The summed E-state index contributed by atoms with van der Waals surface area (Å²) in [5, 5.41) is 0. The number of carbonyl (C=O) groups is 2. The highest BCUT2D eigenvalue weighted by atomic mass is 16.5. The van der Waals surface area contributed by atoms with Crippen molar-refractivity contribution >= 4 is 11.9 Å². The van der Waals surface area contributed by atoms with Gasteiger partial charge in [-0.1, -0.05) is 0 Å². The van der Waals surface area contributed by atoms with Gasteiger partial charge in [-0.15, -0.1) is 0 Å². The van der Waals surface area contributed by atoms with E-state index in [1.807, 2.05) is 0 Å². The maximum Gasteiger partial charge on any atom is 0.308 e. The zero-order valence-electron chi connectivity index (χ0n) is 9.32. The van der Waals surface area contributed by atoms with Crippen molar-refractivity contribution in [1.82, 2.24) is 0 Å². The fourth-order valence-corrected chi connectivity index (χ4v) is 1.93. The predicted octanol–water partition coefficient (Wildman–Crippen LogP) is 1.53. The number of esters is 2. The van der Waals surface area contributed by atoms with Crippen LogP contribution in [0.4, 0.5) is 0 Å². The molecule has 1 aliphatic carbocycles.